The van der Waals surface area contributed by atoms with Gasteiger partial charge in [-0.3, -0.25) is 0 Å². The van der Waals surface area contributed by atoms with Gasteiger partial charge in [-0.25, -0.2) is 0 Å². The number of nitrogens with one attached hydrogen (secondary N) is 2. The van der Waals surface area contributed by atoms with E-state index in [1.54, 1.807) is 14.2 Å². The van der Waals surface area contributed by atoms with E-state index in [1.807, 2.05) is 0 Å². The van der Waals surface area contributed by atoms with Gasteiger partial charge in [0.2, 0.25) is 0 Å². The van der Waals surface area contributed by atoms with Gasteiger partial charge in [-0.1, -0.05) is 13.8 Å². The SMILES string of the molecule is COCC(CNCCNCC(C)C)OC. The fraction of sp³-hybridized carbons (Fsp3) is 1.00. The average molecular weight is 218 g/mol. The molecule has 0 rings (SSSR count). The molecule has 0 aliphatic carbocycles. The maximum absolute atomic E-state index is 5.23. The molecule has 0 spiro atoms. The highest BCUT2D eigenvalue weighted by Crippen LogP contribution is 1.88. The minimum Gasteiger partial charge on any atom is -0.382 e. The quantitative estimate of drug-likeness (QED) is 0.524. The van der Waals surface area contributed by atoms with Crippen molar-refractivity contribution in [3.8, 4) is 0 Å². The van der Waals surface area contributed by atoms with Crippen molar-refractivity contribution in [1.29, 1.82) is 0 Å². The minimum absolute atomic E-state index is 0.153. The number of hydrogen-bond donors (Lipinski definition) is 2. The Kier molecular flexibility index (Phi) is 10.3. The predicted octanol–water partition coefficient (Wildman–Crippen LogP) is 0.483. The maximum Gasteiger partial charge on any atom is 0.0928 e. The van der Waals surface area contributed by atoms with Crippen LogP contribution in [0.2, 0.25) is 0 Å². The standard InChI is InChI=1S/C11H26N2O2/c1-10(2)7-12-5-6-13-8-11(15-4)9-14-3/h10-13H,5-9H2,1-4H3. The lowest BCUT2D eigenvalue weighted by Gasteiger charge is -2.15. The lowest BCUT2D eigenvalue weighted by molar-refractivity contribution is 0.0291. The molecule has 0 aromatic rings. The van der Waals surface area contributed by atoms with E-state index in [4.69, 9.17) is 9.47 Å². The van der Waals surface area contributed by atoms with Crippen LogP contribution in [0.15, 0.2) is 0 Å². The minimum atomic E-state index is 0.153. The van der Waals surface area contributed by atoms with Crippen molar-refractivity contribution < 1.29 is 9.47 Å². The summed E-state index contributed by atoms with van der Waals surface area (Å²) in [4.78, 5) is 0. The highest BCUT2D eigenvalue weighted by atomic mass is 16.5. The monoisotopic (exact) mass is 218 g/mol. The van der Waals surface area contributed by atoms with E-state index in [2.05, 4.69) is 24.5 Å². The molecule has 0 saturated heterocycles. The van der Waals surface area contributed by atoms with Gasteiger partial charge in [0.05, 0.1) is 12.7 Å². The molecule has 0 aliphatic rings. The van der Waals surface area contributed by atoms with E-state index in [9.17, 15) is 0 Å². The van der Waals surface area contributed by atoms with E-state index in [0.29, 0.717) is 12.5 Å². The van der Waals surface area contributed by atoms with Crippen molar-refractivity contribution in [2.45, 2.75) is 20.0 Å². The first kappa shape index (κ1) is 14.8. The Balaban J connectivity index is 3.21. The third-order valence-corrected chi connectivity index (χ3v) is 2.09. The summed E-state index contributed by atoms with van der Waals surface area (Å²) in [6.07, 6.45) is 0.153. The second-order valence-electron chi connectivity index (χ2n) is 4.12. The molecule has 0 saturated carbocycles. The lowest BCUT2D eigenvalue weighted by Crippen LogP contribution is -2.36. The van der Waals surface area contributed by atoms with Crippen molar-refractivity contribution in [3.63, 3.8) is 0 Å². The first-order chi connectivity index (χ1) is 7.20. The van der Waals surface area contributed by atoms with Crippen LogP contribution in [0.1, 0.15) is 13.8 Å². The van der Waals surface area contributed by atoms with Gasteiger partial charge in [0, 0.05) is 33.9 Å². The first-order valence-corrected chi connectivity index (χ1v) is 5.63. The fourth-order valence-electron chi connectivity index (χ4n) is 1.23. The van der Waals surface area contributed by atoms with Gasteiger partial charge < -0.3 is 20.1 Å². The summed E-state index contributed by atoms with van der Waals surface area (Å²) < 4.78 is 10.3. The highest BCUT2D eigenvalue weighted by molar-refractivity contribution is 4.61. The molecule has 0 aromatic heterocycles. The average Bonchev–Trinajstić information content (AvgIpc) is 2.21. The molecule has 0 radical (unpaired) electrons. The van der Waals surface area contributed by atoms with Crippen LogP contribution < -0.4 is 10.6 Å². The molecule has 4 nitrogen and oxygen atoms in total. The zero-order valence-electron chi connectivity index (χ0n) is 10.5. The number of methoxy groups -OCH3 is 2. The molecule has 2 N–H and O–H groups in total. The lowest BCUT2D eigenvalue weighted by atomic mass is 10.2. The number of hydrogen-bond acceptors (Lipinski definition) is 4. The molecular formula is C11H26N2O2. The largest absolute Gasteiger partial charge is 0.382 e. The molecule has 0 aliphatic heterocycles. The van der Waals surface area contributed by atoms with Gasteiger partial charge in [-0.15, -0.1) is 0 Å². The third-order valence-electron chi connectivity index (χ3n) is 2.09. The van der Waals surface area contributed by atoms with Crippen LogP contribution in [0.3, 0.4) is 0 Å². The zero-order chi connectivity index (χ0) is 11.5. The third kappa shape index (κ3) is 10.1. The molecule has 0 heterocycles. The summed E-state index contributed by atoms with van der Waals surface area (Å²) in [6, 6.07) is 0. The van der Waals surface area contributed by atoms with Crippen molar-refractivity contribution in [2.75, 3.05) is 47.0 Å². The summed E-state index contributed by atoms with van der Waals surface area (Å²) in [5.74, 6) is 0.713. The van der Waals surface area contributed by atoms with Crippen LogP contribution in [0.25, 0.3) is 0 Å². The molecule has 0 bridgehead atoms. The first-order valence-electron chi connectivity index (χ1n) is 5.63. The molecule has 0 fully saturated rings. The Morgan fingerprint density at radius 2 is 1.60 bits per heavy atom. The topological polar surface area (TPSA) is 42.5 Å². The highest BCUT2D eigenvalue weighted by Gasteiger charge is 2.04. The van der Waals surface area contributed by atoms with Crippen LogP contribution in [0.4, 0.5) is 0 Å². The zero-order valence-corrected chi connectivity index (χ0v) is 10.5. The van der Waals surface area contributed by atoms with E-state index in [-0.39, 0.29) is 6.10 Å². The Hall–Kier alpha value is -0.160. The summed E-state index contributed by atoms with van der Waals surface area (Å²) in [6.45, 7) is 8.95. The molecule has 0 aromatic carbocycles. The molecule has 1 unspecified atom stereocenters. The van der Waals surface area contributed by atoms with Crippen LogP contribution in [0.5, 0.6) is 0 Å². The molecule has 4 heteroatoms. The summed E-state index contributed by atoms with van der Waals surface area (Å²) in [5, 5.41) is 6.70. The number of rotatable bonds is 10. The molecule has 92 valence electrons. The molecule has 0 amide bonds. The maximum atomic E-state index is 5.23. The smallest absolute Gasteiger partial charge is 0.0928 e. The van der Waals surface area contributed by atoms with Crippen LogP contribution in [-0.4, -0.2) is 53.1 Å². The van der Waals surface area contributed by atoms with Gasteiger partial charge in [-0.05, 0) is 12.5 Å². The van der Waals surface area contributed by atoms with Crippen molar-refractivity contribution in [3.05, 3.63) is 0 Å². The number of ether oxygens (including phenoxy) is 2. The Labute approximate surface area is 93.7 Å². The molecular weight excluding hydrogens is 192 g/mol. The van der Waals surface area contributed by atoms with Gasteiger partial charge >= 0.3 is 0 Å². The van der Waals surface area contributed by atoms with Gasteiger partial charge in [-0.2, -0.15) is 0 Å². The Bertz CT molecular complexity index is 132. The van der Waals surface area contributed by atoms with Crippen molar-refractivity contribution in [2.24, 2.45) is 5.92 Å². The summed E-state index contributed by atoms with van der Waals surface area (Å²) in [5.41, 5.74) is 0. The van der Waals surface area contributed by atoms with Gasteiger partial charge in [0.15, 0.2) is 0 Å². The predicted molar refractivity (Wildman–Crippen MR) is 63.3 cm³/mol. The molecule has 1 atom stereocenters. The second-order valence-corrected chi connectivity index (χ2v) is 4.12. The van der Waals surface area contributed by atoms with E-state index < -0.39 is 0 Å². The normalized spacial score (nSPS) is 13.4. The summed E-state index contributed by atoms with van der Waals surface area (Å²) >= 11 is 0. The fourth-order valence-corrected chi connectivity index (χ4v) is 1.23. The Morgan fingerprint density at radius 1 is 1.00 bits per heavy atom. The van der Waals surface area contributed by atoms with E-state index in [0.717, 1.165) is 26.2 Å². The van der Waals surface area contributed by atoms with Crippen LogP contribution in [-0.2, 0) is 9.47 Å². The Morgan fingerprint density at radius 3 is 2.07 bits per heavy atom. The van der Waals surface area contributed by atoms with Crippen LogP contribution >= 0.6 is 0 Å². The van der Waals surface area contributed by atoms with E-state index >= 15 is 0 Å². The van der Waals surface area contributed by atoms with Crippen molar-refractivity contribution >= 4 is 0 Å². The van der Waals surface area contributed by atoms with Crippen LogP contribution in [0, 0.1) is 5.92 Å². The van der Waals surface area contributed by atoms with Crippen molar-refractivity contribution in [1.82, 2.24) is 10.6 Å². The van der Waals surface area contributed by atoms with Gasteiger partial charge in [0.25, 0.3) is 0 Å². The second kappa shape index (κ2) is 10.4. The molecule has 15 heavy (non-hydrogen) atoms. The van der Waals surface area contributed by atoms with E-state index in [1.165, 1.54) is 0 Å². The van der Waals surface area contributed by atoms with Gasteiger partial charge in [0.1, 0.15) is 0 Å². The summed E-state index contributed by atoms with van der Waals surface area (Å²) in [7, 11) is 3.40.